The fraction of sp³-hybridized carbons (Fsp3) is 0.100. The van der Waals surface area contributed by atoms with E-state index in [-0.39, 0.29) is 0 Å². The molecule has 2 aromatic rings. The van der Waals surface area contributed by atoms with Crippen LogP contribution in [-0.4, -0.2) is 15.5 Å². The van der Waals surface area contributed by atoms with Gasteiger partial charge >= 0.3 is 0 Å². The van der Waals surface area contributed by atoms with E-state index in [1.54, 1.807) is 6.07 Å². The number of aryl methyl sites for hydroxylation is 1. The summed E-state index contributed by atoms with van der Waals surface area (Å²) in [6.07, 6.45) is 0. The number of primary amides is 1. The standard InChI is InChI=1S/C10H9N3OS/c1-6-4-7(9-5-15-13-12-9)2-3-8(6)10(11)14/h2-5H,1H3,(H2,11,14). The van der Waals surface area contributed by atoms with E-state index in [0.717, 1.165) is 16.8 Å². The molecule has 0 atom stereocenters. The van der Waals surface area contributed by atoms with Crippen LogP contribution in [0.5, 0.6) is 0 Å². The Hall–Kier alpha value is -1.75. The minimum atomic E-state index is -0.407. The summed E-state index contributed by atoms with van der Waals surface area (Å²) < 4.78 is 3.79. The zero-order valence-electron chi connectivity index (χ0n) is 8.10. The first kappa shape index (κ1) is 9.79. The number of nitrogens with zero attached hydrogens (tertiary/aromatic N) is 2. The van der Waals surface area contributed by atoms with Gasteiger partial charge in [-0.2, -0.15) is 0 Å². The maximum Gasteiger partial charge on any atom is 0.248 e. The fourth-order valence-electron chi connectivity index (χ4n) is 1.39. The second kappa shape index (κ2) is 3.78. The van der Waals surface area contributed by atoms with Gasteiger partial charge in [0, 0.05) is 16.5 Å². The van der Waals surface area contributed by atoms with Crippen molar-refractivity contribution in [3.05, 3.63) is 34.7 Å². The molecule has 0 aliphatic rings. The van der Waals surface area contributed by atoms with Crippen LogP contribution in [0.3, 0.4) is 0 Å². The molecule has 0 unspecified atom stereocenters. The molecular weight excluding hydrogens is 210 g/mol. The first-order valence-corrected chi connectivity index (χ1v) is 5.20. The number of carbonyl (C=O) groups excluding carboxylic acids is 1. The van der Waals surface area contributed by atoms with Gasteiger partial charge in [0.25, 0.3) is 0 Å². The minimum Gasteiger partial charge on any atom is -0.366 e. The lowest BCUT2D eigenvalue weighted by molar-refractivity contribution is 0.1000. The Morgan fingerprint density at radius 3 is 2.80 bits per heavy atom. The highest BCUT2D eigenvalue weighted by Crippen LogP contribution is 2.20. The van der Waals surface area contributed by atoms with E-state index in [1.807, 2.05) is 24.4 Å². The third-order valence-corrected chi connectivity index (χ3v) is 2.65. The van der Waals surface area contributed by atoms with Gasteiger partial charge in [0.15, 0.2) is 0 Å². The average Bonchev–Trinajstić information content (AvgIpc) is 2.69. The van der Waals surface area contributed by atoms with E-state index >= 15 is 0 Å². The molecule has 4 nitrogen and oxygen atoms in total. The van der Waals surface area contributed by atoms with Crippen molar-refractivity contribution in [2.24, 2.45) is 5.73 Å². The lowest BCUT2D eigenvalue weighted by Gasteiger charge is -2.03. The Kier molecular flexibility index (Phi) is 2.47. The normalized spacial score (nSPS) is 10.2. The molecule has 5 heteroatoms. The summed E-state index contributed by atoms with van der Waals surface area (Å²) in [4.78, 5) is 11.0. The van der Waals surface area contributed by atoms with Crippen molar-refractivity contribution in [2.75, 3.05) is 0 Å². The number of amides is 1. The van der Waals surface area contributed by atoms with Crippen molar-refractivity contribution in [3.8, 4) is 11.3 Å². The second-order valence-corrected chi connectivity index (χ2v) is 3.79. The van der Waals surface area contributed by atoms with Crippen molar-refractivity contribution in [2.45, 2.75) is 6.92 Å². The molecule has 0 saturated carbocycles. The van der Waals surface area contributed by atoms with Crippen molar-refractivity contribution >= 4 is 17.4 Å². The highest BCUT2D eigenvalue weighted by Gasteiger charge is 2.07. The Morgan fingerprint density at radius 1 is 1.47 bits per heavy atom. The van der Waals surface area contributed by atoms with Crippen molar-refractivity contribution in [3.63, 3.8) is 0 Å². The predicted molar refractivity (Wildman–Crippen MR) is 58.6 cm³/mol. The van der Waals surface area contributed by atoms with Gasteiger partial charge in [-0.25, -0.2) is 0 Å². The molecule has 1 heterocycles. The summed E-state index contributed by atoms with van der Waals surface area (Å²) in [5.41, 5.74) is 8.39. The van der Waals surface area contributed by atoms with E-state index in [4.69, 9.17) is 5.73 Å². The van der Waals surface area contributed by atoms with Gasteiger partial charge in [-0.15, -0.1) is 5.10 Å². The third kappa shape index (κ3) is 1.87. The average molecular weight is 219 g/mol. The molecule has 0 aliphatic carbocycles. The first-order valence-electron chi connectivity index (χ1n) is 4.36. The van der Waals surface area contributed by atoms with Crippen LogP contribution < -0.4 is 5.73 Å². The van der Waals surface area contributed by atoms with Crippen LogP contribution in [0, 0.1) is 6.92 Å². The molecule has 1 aromatic carbocycles. The topological polar surface area (TPSA) is 68.9 Å². The fourth-order valence-corrected chi connectivity index (χ4v) is 1.86. The highest BCUT2D eigenvalue weighted by molar-refractivity contribution is 7.03. The van der Waals surface area contributed by atoms with Crippen LogP contribution in [-0.2, 0) is 0 Å². The molecule has 1 aromatic heterocycles. The first-order chi connectivity index (χ1) is 7.18. The molecule has 0 aliphatic heterocycles. The van der Waals surface area contributed by atoms with Crippen LogP contribution in [0.15, 0.2) is 23.6 Å². The lowest BCUT2D eigenvalue weighted by Crippen LogP contribution is -2.12. The zero-order chi connectivity index (χ0) is 10.8. The summed E-state index contributed by atoms with van der Waals surface area (Å²) in [6, 6.07) is 5.42. The molecule has 0 radical (unpaired) electrons. The number of carbonyl (C=O) groups is 1. The predicted octanol–water partition coefficient (Wildman–Crippen LogP) is 1.61. The second-order valence-electron chi connectivity index (χ2n) is 3.18. The number of nitrogens with two attached hydrogens (primary N) is 1. The molecule has 0 bridgehead atoms. The van der Waals surface area contributed by atoms with E-state index in [2.05, 4.69) is 9.59 Å². The highest BCUT2D eigenvalue weighted by atomic mass is 32.1. The molecule has 0 fully saturated rings. The largest absolute Gasteiger partial charge is 0.366 e. The van der Waals surface area contributed by atoms with Crippen LogP contribution >= 0.6 is 11.5 Å². The monoisotopic (exact) mass is 219 g/mol. The van der Waals surface area contributed by atoms with Gasteiger partial charge in [-0.3, -0.25) is 4.79 Å². The van der Waals surface area contributed by atoms with Gasteiger partial charge in [-0.1, -0.05) is 10.6 Å². The van der Waals surface area contributed by atoms with E-state index in [9.17, 15) is 4.79 Å². The number of aromatic nitrogens is 2. The summed E-state index contributed by atoms with van der Waals surface area (Å²) in [7, 11) is 0. The summed E-state index contributed by atoms with van der Waals surface area (Å²) in [5.74, 6) is -0.407. The molecule has 76 valence electrons. The lowest BCUT2D eigenvalue weighted by atomic mass is 10.0. The number of rotatable bonds is 2. The molecule has 0 spiro atoms. The van der Waals surface area contributed by atoms with Gasteiger partial charge in [0.2, 0.25) is 5.91 Å². The van der Waals surface area contributed by atoms with E-state index in [0.29, 0.717) is 5.56 Å². The number of hydrogen-bond acceptors (Lipinski definition) is 4. The third-order valence-electron chi connectivity index (χ3n) is 2.15. The minimum absolute atomic E-state index is 0.407. The van der Waals surface area contributed by atoms with Crippen molar-refractivity contribution < 1.29 is 4.79 Å². The van der Waals surface area contributed by atoms with Gasteiger partial charge in [-0.05, 0) is 36.2 Å². The summed E-state index contributed by atoms with van der Waals surface area (Å²) >= 11 is 1.30. The zero-order valence-corrected chi connectivity index (χ0v) is 8.91. The smallest absolute Gasteiger partial charge is 0.248 e. The SMILES string of the molecule is Cc1cc(-c2csnn2)ccc1C(N)=O. The molecular formula is C10H9N3OS. The summed E-state index contributed by atoms with van der Waals surface area (Å²) in [6.45, 7) is 1.85. The van der Waals surface area contributed by atoms with Gasteiger partial charge in [0.05, 0.1) is 0 Å². The van der Waals surface area contributed by atoms with Crippen LogP contribution in [0.25, 0.3) is 11.3 Å². The van der Waals surface area contributed by atoms with Gasteiger partial charge < -0.3 is 5.73 Å². The molecule has 2 N–H and O–H groups in total. The van der Waals surface area contributed by atoms with Crippen LogP contribution in [0.2, 0.25) is 0 Å². The maximum atomic E-state index is 11.0. The molecule has 1 amide bonds. The molecule has 15 heavy (non-hydrogen) atoms. The Balaban J connectivity index is 2.47. The van der Waals surface area contributed by atoms with Crippen molar-refractivity contribution in [1.82, 2.24) is 9.59 Å². The van der Waals surface area contributed by atoms with Gasteiger partial charge in [0.1, 0.15) is 5.69 Å². The maximum absolute atomic E-state index is 11.0. The quantitative estimate of drug-likeness (QED) is 0.834. The number of hydrogen-bond donors (Lipinski definition) is 1. The number of benzene rings is 1. The Morgan fingerprint density at radius 2 is 2.27 bits per heavy atom. The van der Waals surface area contributed by atoms with Crippen LogP contribution in [0.4, 0.5) is 0 Å². The molecule has 0 saturated heterocycles. The van der Waals surface area contributed by atoms with Crippen molar-refractivity contribution in [1.29, 1.82) is 0 Å². The Bertz CT molecular complexity index is 493. The Labute approximate surface area is 90.9 Å². The van der Waals surface area contributed by atoms with E-state index < -0.39 is 5.91 Å². The molecule has 2 rings (SSSR count). The van der Waals surface area contributed by atoms with E-state index in [1.165, 1.54) is 11.5 Å². The summed E-state index contributed by atoms with van der Waals surface area (Å²) in [5, 5.41) is 5.81. The van der Waals surface area contributed by atoms with Crippen LogP contribution in [0.1, 0.15) is 15.9 Å².